The van der Waals surface area contributed by atoms with Crippen LogP contribution in [-0.2, 0) is 0 Å². The second kappa shape index (κ2) is 7.81. The topological polar surface area (TPSA) is 98.0 Å². The zero-order valence-electron chi connectivity index (χ0n) is 15.9. The van der Waals surface area contributed by atoms with Gasteiger partial charge in [0, 0.05) is 16.1 Å². The first-order valence-corrected chi connectivity index (χ1v) is 9.27. The van der Waals surface area contributed by atoms with Crippen molar-refractivity contribution >= 4 is 51.2 Å². The summed E-state index contributed by atoms with van der Waals surface area (Å²) in [5, 5.41) is 8.03. The summed E-state index contributed by atoms with van der Waals surface area (Å²) in [4.78, 5) is 13.2. The maximum atomic E-state index is 6.34. The first-order chi connectivity index (χ1) is 14.0. The Morgan fingerprint density at radius 3 is 2.48 bits per heavy atom. The third-order valence-electron chi connectivity index (χ3n) is 4.41. The van der Waals surface area contributed by atoms with Crippen molar-refractivity contribution in [3.8, 4) is 5.75 Å². The quantitative estimate of drug-likeness (QED) is 0.425. The number of benzene rings is 2. The molecule has 4 N–H and O–H groups in total. The van der Waals surface area contributed by atoms with E-state index in [0.29, 0.717) is 33.8 Å². The van der Waals surface area contributed by atoms with Crippen molar-refractivity contribution < 1.29 is 4.74 Å². The highest BCUT2D eigenvalue weighted by Crippen LogP contribution is 2.34. The summed E-state index contributed by atoms with van der Waals surface area (Å²) in [7, 11) is 1.58. The summed E-state index contributed by atoms with van der Waals surface area (Å²) in [5.74, 6) is 1.53. The summed E-state index contributed by atoms with van der Waals surface area (Å²) in [6.45, 7) is 1.95. The van der Waals surface area contributed by atoms with Gasteiger partial charge in [-0.05, 0) is 37.3 Å². The summed E-state index contributed by atoms with van der Waals surface area (Å²) in [6.07, 6.45) is 1.43. The summed E-state index contributed by atoms with van der Waals surface area (Å²) >= 11 is 6.11. The number of ether oxygens (including phenoxy) is 1. The highest BCUT2D eigenvalue weighted by Gasteiger charge is 2.13. The number of para-hydroxylation sites is 1. The standard InChI is InChI=1S/C21H19ClN6O/c1-12-6-7-13-4-3-5-15(19(13)26-12)27-20-18(23)21(25-11-24-20)28-16-10-14(22)8-9-17(16)29-2/h3-11H,23H2,1-2H3,(H2,24,25,27,28). The lowest BCUT2D eigenvalue weighted by Gasteiger charge is -2.15. The molecule has 0 saturated heterocycles. The van der Waals surface area contributed by atoms with Crippen LogP contribution < -0.4 is 21.1 Å². The number of nitrogens with two attached hydrogens (primary N) is 1. The van der Waals surface area contributed by atoms with Gasteiger partial charge in [-0.15, -0.1) is 0 Å². The Labute approximate surface area is 172 Å². The predicted octanol–water partition coefficient (Wildman–Crippen LogP) is 5.06. The smallest absolute Gasteiger partial charge is 0.159 e. The van der Waals surface area contributed by atoms with Gasteiger partial charge in [-0.2, -0.15) is 0 Å². The Balaban J connectivity index is 1.70. The van der Waals surface area contributed by atoms with Gasteiger partial charge in [0.15, 0.2) is 11.6 Å². The van der Waals surface area contributed by atoms with Gasteiger partial charge in [0.05, 0.1) is 24.0 Å². The van der Waals surface area contributed by atoms with E-state index in [-0.39, 0.29) is 0 Å². The van der Waals surface area contributed by atoms with Crippen LogP contribution in [0.3, 0.4) is 0 Å². The summed E-state index contributed by atoms with van der Waals surface area (Å²) in [5.41, 5.74) is 9.93. The average Bonchev–Trinajstić information content (AvgIpc) is 2.71. The molecule has 0 amide bonds. The van der Waals surface area contributed by atoms with Gasteiger partial charge < -0.3 is 21.1 Å². The van der Waals surface area contributed by atoms with Gasteiger partial charge in [-0.1, -0.05) is 29.8 Å². The molecular weight excluding hydrogens is 388 g/mol. The number of aromatic nitrogens is 3. The van der Waals surface area contributed by atoms with E-state index in [0.717, 1.165) is 22.3 Å². The maximum absolute atomic E-state index is 6.34. The van der Waals surface area contributed by atoms with E-state index in [1.54, 1.807) is 25.3 Å². The third kappa shape index (κ3) is 3.86. The number of nitrogens with one attached hydrogen (secondary N) is 2. The number of methoxy groups -OCH3 is 1. The zero-order chi connectivity index (χ0) is 20.4. The van der Waals surface area contributed by atoms with Crippen molar-refractivity contribution in [2.75, 3.05) is 23.5 Å². The van der Waals surface area contributed by atoms with Gasteiger partial charge in [0.25, 0.3) is 0 Å². The molecular formula is C21H19ClN6O. The number of hydrogen-bond acceptors (Lipinski definition) is 7. The molecule has 8 heteroatoms. The van der Waals surface area contributed by atoms with Crippen LogP contribution in [0.4, 0.5) is 28.7 Å². The Kier molecular flexibility index (Phi) is 5.05. The molecule has 7 nitrogen and oxygen atoms in total. The molecule has 0 unspecified atom stereocenters. The minimum absolute atomic E-state index is 0.360. The zero-order valence-corrected chi connectivity index (χ0v) is 16.7. The molecule has 0 atom stereocenters. The Hall–Kier alpha value is -3.58. The van der Waals surface area contributed by atoms with Crippen molar-refractivity contribution in [1.82, 2.24) is 15.0 Å². The molecule has 146 valence electrons. The molecule has 2 aromatic carbocycles. The van der Waals surface area contributed by atoms with E-state index >= 15 is 0 Å². The number of nitrogen functional groups attached to an aromatic ring is 1. The first kappa shape index (κ1) is 18.8. The van der Waals surface area contributed by atoms with Crippen LogP contribution in [0, 0.1) is 6.92 Å². The molecule has 0 bridgehead atoms. The lowest BCUT2D eigenvalue weighted by Crippen LogP contribution is -2.06. The van der Waals surface area contributed by atoms with E-state index < -0.39 is 0 Å². The molecule has 0 radical (unpaired) electrons. The fourth-order valence-corrected chi connectivity index (χ4v) is 3.15. The van der Waals surface area contributed by atoms with Crippen molar-refractivity contribution in [2.45, 2.75) is 6.92 Å². The lowest BCUT2D eigenvalue weighted by molar-refractivity contribution is 0.417. The molecule has 0 aliphatic carbocycles. The van der Waals surface area contributed by atoms with E-state index in [2.05, 4.69) is 25.6 Å². The van der Waals surface area contributed by atoms with Crippen LogP contribution in [0.5, 0.6) is 5.75 Å². The SMILES string of the molecule is COc1ccc(Cl)cc1Nc1ncnc(Nc2cccc3ccc(C)nc23)c1N. The Bertz CT molecular complexity index is 1200. The molecule has 4 aromatic rings. The van der Waals surface area contributed by atoms with E-state index in [1.807, 2.05) is 37.3 Å². The highest BCUT2D eigenvalue weighted by atomic mass is 35.5. The third-order valence-corrected chi connectivity index (χ3v) is 4.65. The van der Waals surface area contributed by atoms with E-state index in [1.165, 1.54) is 6.33 Å². The van der Waals surface area contributed by atoms with Gasteiger partial charge in [0.2, 0.25) is 0 Å². The minimum atomic E-state index is 0.360. The maximum Gasteiger partial charge on any atom is 0.159 e. The molecule has 0 spiro atoms. The van der Waals surface area contributed by atoms with Crippen LogP contribution >= 0.6 is 11.6 Å². The number of anilines is 5. The molecule has 0 fully saturated rings. The molecule has 0 saturated carbocycles. The normalized spacial score (nSPS) is 10.7. The van der Waals surface area contributed by atoms with Gasteiger partial charge in [-0.3, -0.25) is 4.98 Å². The van der Waals surface area contributed by atoms with Crippen LogP contribution in [0.25, 0.3) is 10.9 Å². The number of fused-ring (bicyclic) bond motifs is 1. The molecule has 4 rings (SSSR count). The predicted molar refractivity (Wildman–Crippen MR) is 117 cm³/mol. The van der Waals surface area contributed by atoms with Crippen molar-refractivity contribution in [3.05, 3.63) is 65.6 Å². The van der Waals surface area contributed by atoms with Gasteiger partial charge in [-0.25, -0.2) is 9.97 Å². The number of aryl methyl sites for hydroxylation is 1. The Morgan fingerprint density at radius 2 is 1.72 bits per heavy atom. The molecule has 2 aromatic heterocycles. The molecule has 0 aliphatic heterocycles. The van der Waals surface area contributed by atoms with Crippen molar-refractivity contribution in [2.24, 2.45) is 0 Å². The molecule has 2 heterocycles. The van der Waals surface area contributed by atoms with Crippen molar-refractivity contribution in [3.63, 3.8) is 0 Å². The fraction of sp³-hybridized carbons (Fsp3) is 0.0952. The van der Waals surface area contributed by atoms with E-state index in [9.17, 15) is 0 Å². The minimum Gasteiger partial charge on any atom is -0.495 e. The van der Waals surface area contributed by atoms with Crippen LogP contribution in [0.2, 0.25) is 5.02 Å². The average molecular weight is 407 g/mol. The van der Waals surface area contributed by atoms with Gasteiger partial charge in [0.1, 0.15) is 17.8 Å². The molecule has 29 heavy (non-hydrogen) atoms. The number of rotatable bonds is 5. The monoisotopic (exact) mass is 406 g/mol. The lowest BCUT2D eigenvalue weighted by atomic mass is 10.1. The summed E-state index contributed by atoms with van der Waals surface area (Å²) < 4.78 is 5.37. The van der Waals surface area contributed by atoms with E-state index in [4.69, 9.17) is 22.1 Å². The number of pyridine rings is 1. The van der Waals surface area contributed by atoms with Crippen LogP contribution in [-0.4, -0.2) is 22.1 Å². The number of nitrogens with zero attached hydrogens (tertiary/aromatic N) is 3. The summed E-state index contributed by atoms with van der Waals surface area (Å²) in [6, 6.07) is 15.2. The van der Waals surface area contributed by atoms with Crippen LogP contribution in [0.1, 0.15) is 5.69 Å². The fourth-order valence-electron chi connectivity index (χ4n) is 2.97. The van der Waals surface area contributed by atoms with Crippen LogP contribution in [0.15, 0.2) is 54.9 Å². The first-order valence-electron chi connectivity index (χ1n) is 8.89. The number of hydrogen-bond donors (Lipinski definition) is 3. The Morgan fingerprint density at radius 1 is 0.966 bits per heavy atom. The van der Waals surface area contributed by atoms with Crippen molar-refractivity contribution in [1.29, 1.82) is 0 Å². The number of halogens is 1. The van der Waals surface area contributed by atoms with Gasteiger partial charge >= 0.3 is 0 Å². The second-order valence-corrected chi connectivity index (χ2v) is 6.85. The largest absolute Gasteiger partial charge is 0.495 e. The highest BCUT2D eigenvalue weighted by molar-refractivity contribution is 6.31. The second-order valence-electron chi connectivity index (χ2n) is 6.41. The molecule has 0 aliphatic rings.